The van der Waals surface area contributed by atoms with Crippen LogP contribution in [0.3, 0.4) is 0 Å². The summed E-state index contributed by atoms with van der Waals surface area (Å²) in [4.78, 5) is 17.5. The molecule has 1 atom stereocenters. The summed E-state index contributed by atoms with van der Waals surface area (Å²) < 4.78 is 0. The lowest BCUT2D eigenvalue weighted by Gasteiger charge is -2.32. The van der Waals surface area contributed by atoms with Gasteiger partial charge in [-0.1, -0.05) is 6.42 Å². The van der Waals surface area contributed by atoms with Crippen LogP contribution in [0.2, 0.25) is 5.28 Å². The highest BCUT2D eigenvalue weighted by atomic mass is 35.5. The molecule has 116 valence electrons. The minimum Gasteiger partial charge on any atom is -0.352 e. The predicted octanol–water partition coefficient (Wildman–Crippen LogP) is 2.02. The van der Waals surface area contributed by atoms with Gasteiger partial charge in [-0.25, -0.2) is 0 Å². The molecule has 0 spiro atoms. The van der Waals surface area contributed by atoms with Crippen molar-refractivity contribution in [1.82, 2.24) is 19.9 Å². The van der Waals surface area contributed by atoms with Crippen LogP contribution < -0.4 is 10.2 Å². The summed E-state index contributed by atoms with van der Waals surface area (Å²) in [6.07, 6.45) is 6.20. The van der Waals surface area contributed by atoms with Gasteiger partial charge < -0.3 is 15.1 Å². The molecule has 2 aliphatic heterocycles. The summed E-state index contributed by atoms with van der Waals surface area (Å²) in [7, 11) is 2.18. The molecule has 3 rings (SSSR count). The second kappa shape index (κ2) is 6.75. The number of anilines is 2. The van der Waals surface area contributed by atoms with Gasteiger partial charge in [0.15, 0.2) is 0 Å². The number of piperidine rings is 1. The van der Waals surface area contributed by atoms with Crippen molar-refractivity contribution in [2.45, 2.75) is 38.1 Å². The van der Waals surface area contributed by atoms with E-state index < -0.39 is 0 Å². The van der Waals surface area contributed by atoms with E-state index in [-0.39, 0.29) is 5.28 Å². The maximum absolute atomic E-state index is 6.04. The highest BCUT2D eigenvalue weighted by Crippen LogP contribution is 2.19. The first-order valence-corrected chi connectivity index (χ1v) is 8.21. The van der Waals surface area contributed by atoms with Crippen molar-refractivity contribution in [3.8, 4) is 0 Å². The lowest BCUT2D eigenvalue weighted by Crippen LogP contribution is -2.41. The molecule has 0 radical (unpaired) electrons. The number of nitrogens with one attached hydrogen (secondary N) is 1. The number of rotatable bonds is 4. The van der Waals surface area contributed by atoms with E-state index in [9.17, 15) is 0 Å². The van der Waals surface area contributed by atoms with Crippen LogP contribution in [0.5, 0.6) is 0 Å². The Kier molecular flexibility index (Phi) is 4.75. The summed E-state index contributed by atoms with van der Waals surface area (Å²) in [5, 5.41) is 3.60. The van der Waals surface area contributed by atoms with E-state index in [1.807, 2.05) is 0 Å². The zero-order valence-corrected chi connectivity index (χ0v) is 13.3. The normalized spacial score (nSPS) is 23.5. The van der Waals surface area contributed by atoms with Crippen LogP contribution >= 0.6 is 11.6 Å². The van der Waals surface area contributed by atoms with Crippen LogP contribution in [-0.4, -0.2) is 59.1 Å². The molecule has 21 heavy (non-hydrogen) atoms. The number of likely N-dealkylation sites (N-methyl/N-ethyl adjacent to an activating group) is 1. The molecule has 3 heterocycles. The largest absolute Gasteiger partial charge is 0.352 e. The van der Waals surface area contributed by atoms with Gasteiger partial charge in [0.2, 0.25) is 17.2 Å². The molecule has 1 aromatic heterocycles. The Labute approximate surface area is 130 Å². The molecule has 1 aromatic rings. The van der Waals surface area contributed by atoms with E-state index in [0.29, 0.717) is 17.9 Å². The fourth-order valence-electron chi connectivity index (χ4n) is 3.09. The zero-order chi connectivity index (χ0) is 14.7. The minimum absolute atomic E-state index is 0.270. The van der Waals surface area contributed by atoms with Gasteiger partial charge in [0.25, 0.3) is 0 Å². The molecule has 1 unspecified atom stereocenters. The SMILES string of the molecule is CN1CCCCC1CNc1nc(Cl)nc(N2CCCC2)n1. The third kappa shape index (κ3) is 3.74. The molecule has 0 bridgehead atoms. The Bertz CT molecular complexity index is 477. The predicted molar refractivity (Wildman–Crippen MR) is 85.0 cm³/mol. The van der Waals surface area contributed by atoms with Crippen molar-refractivity contribution >= 4 is 23.5 Å². The van der Waals surface area contributed by atoms with E-state index in [1.165, 1.54) is 38.6 Å². The maximum Gasteiger partial charge on any atom is 0.231 e. The molecule has 1 N–H and O–H groups in total. The molecule has 0 aromatic carbocycles. The summed E-state index contributed by atoms with van der Waals surface area (Å²) in [6, 6.07) is 0.546. The maximum atomic E-state index is 6.04. The van der Waals surface area contributed by atoms with E-state index in [2.05, 4.69) is 37.1 Å². The minimum atomic E-state index is 0.270. The highest BCUT2D eigenvalue weighted by Gasteiger charge is 2.20. The van der Waals surface area contributed by atoms with Crippen molar-refractivity contribution < 1.29 is 0 Å². The molecule has 2 fully saturated rings. The first-order chi connectivity index (χ1) is 10.2. The fourth-order valence-corrected chi connectivity index (χ4v) is 3.24. The second-order valence-electron chi connectivity index (χ2n) is 5.93. The van der Waals surface area contributed by atoms with Gasteiger partial charge in [0.1, 0.15) is 0 Å². The molecular weight excluding hydrogens is 288 g/mol. The van der Waals surface area contributed by atoms with Crippen molar-refractivity contribution in [3.63, 3.8) is 0 Å². The average Bonchev–Trinajstić information content (AvgIpc) is 3.00. The van der Waals surface area contributed by atoms with Crippen molar-refractivity contribution in [1.29, 1.82) is 0 Å². The standard InChI is InChI=1S/C14H23ClN6/c1-20-7-3-2-6-11(20)10-16-13-17-12(15)18-14(19-13)21-8-4-5-9-21/h11H,2-10H2,1H3,(H,16,17,18,19). The van der Waals surface area contributed by atoms with E-state index in [4.69, 9.17) is 11.6 Å². The number of nitrogens with zero attached hydrogens (tertiary/aromatic N) is 5. The summed E-state index contributed by atoms with van der Waals surface area (Å²) in [6.45, 7) is 4.04. The van der Waals surface area contributed by atoms with Crippen LogP contribution in [0.4, 0.5) is 11.9 Å². The van der Waals surface area contributed by atoms with Crippen molar-refractivity contribution in [2.24, 2.45) is 0 Å². The van der Waals surface area contributed by atoms with Crippen LogP contribution in [0.1, 0.15) is 32.1 Å². The molecular formula is C14H23ClN6. The zero-order valence-electron chi connectivity index (χ0n) is 12.6. The van der Waals surface area contributed by atoms with Crippen LogP contribution in [0.15, 0.2) is 0 Å². The summed E-state index contributed by atoms with van der Waals surface area (Å²) in [5.74, 6) is 1.29. The average molecular weight is 311 g/mol. The van der Waals surface area contributed by atoms with Crippen molar-refractivity contribution in [2.75, 3.05) is 43.4 Å². The monoisotopic (exact) mass is 310 g/mol. The van der Waals surface area contributed by atoms with Crippen molar-refractivity contribution in [3.05, 3.63) is 5.28 Å². The fraction of sp³-hybridized carbons (Fsp3) is 0.786. The molecule has 0 aliphatic carbocycles. The number of likely N-dealkylation sites (tertiary alicyclic amines) is 1. The van der Waals surface area contributed by atoms with Gasteiger partial charge in [-0.2, -0.15) is 15.0 Å². The lowest BCUT2D eigenvalue weighted by molar-refractivity contribution is 0.194. The Balaban J connectivity index is 1.64. The molecule has 2 aliphatic rings. The quantitative estimate of drug-likeness (QED) is 0.918. The number of hydrogen-bond donors (Lipinski definition) is 1. The topological polar surface area (TPSA) is 57.2 Å². The van der Waals surface area contributed by atoms with Gasteiger partial charge in [-0.05, 0) is 50.9 Å². The Morgan fingerprint density at radius 2 is 1.86 bits per heavy atom. The van der Waals surface area contributed by atoms with E-state index in [1.54, 1.807) is 0 Å². The Hall–Kier alpha value is -1.14. The lowest BCUT2D eigenvalue weighted by atomic mass is 10.0. The third-order valence-corrected chi connectivity index (χ3v) is 4.57. The first-order valence-electron chi connectivity index (χ1n) is 7.83. The van der Waals surface area contributed by atoms with Crippen LogP contribution in [-0.2, 0) is 0 Å². The van der Waals surface area contributed by atoms with Gasteiger partial charge in [-0.15, -0.1) is 0 Å². The van der Waals surface area contributed by atoms with Crippen LogP contribution in [0.25, 0.3) is 0 Å². The Morgan fingerprint density at radius 3 is 2.62 bits per heavy atom. The number of hydrogen-bond acceptors (Lipinski definition) is 6. The first kappa shape index (κ1) is 14.8. The molecule has 7 heteroatoms. The molecule has 0 amide bonds. The van der Waals surface area contributed by atoms with E-state index >= 15 is 0 Å². The Morgan fingerprint density at radius 1 is 1.10 bits per heavy atom. The highest BCUT2D eigenvalue weighted by molar-refractivity contribution is 6.28. The van der Waals surface area contributed by atoms with Gasteiger partial charge in [0, 0.05) is 25.7 Å². The molecule has 0 saturated carbocycles. The smallest absolute Gasteiger partial charge is 0.231 e. The summed E-state index contributed by atoms with van der Waals surface area (Å²) in [5.41, 5.74) is 0. The molecule has 6 nitrogen and oxygen atoms in total. The van der Waals surface area contributed by atoms with Gasteiger partial charge in [0.05, 0.1) is 0 Å². The number of aromatic nitrogens is 3. The van der Waals surface area contributed by atoms with Gasteiger partial charge >= 0.3 is 0 Å². The third-order valence-electron chi connectivity index (χ3n) is 4.40. The molecule has 2 saturated heterocycles. The second-order valence-corrected chi connectivity index (χ2v) is 6.27. The van der Waals surface area contributed by atoms with Gasteiger partial charge in [-0.3, -0.25) is 0 Å². The number of halogens is 1. The van der Waals surface area contributed by atoms with E-state index in [0.717, 1.165) is 19.6 Å². The van der Waals surface area contributed by atoms with Crippen LogP contribution in [0, 0.1) is 0 Å². The summed E-state index contributed by atoms with van der Waals surface area (Å²) >= 11 is 6.04.